The van der Waals surface area contributed by atoms with Gasteiger partial charge in [0.05, 0.1) is 12.2 Å². The summed E-state index contributed by atoms with van der Waals surface area (Å²) in [5.41, 5.74) is 2.24. The molecule has 0 radical (unpaired) electrons. The van der Waals surface area contributed by atoms with E-state index in [1.54, 1.807) is 11.3 Å². The fraction of sp³-hybridized carbons (Fsp3) is 0.429. The van der Waals surface area contributed by atoms with Crippen LogP contribution in [0.5, 0.6) is 0 Å². The normalized spacial score (nSPS) is 16.9. The molecule has 94 valence electrons. The van der Waals surface area contributed by atoms with Gasteiger partial charge in [-0.15, -0.1) is 11.3 Å². The Morgan fingerprint density at radius 1 is 1.11 bits per heavy atom. The highest BCUT2D eigenvalue weighted by Gasteiger charge is 2.12. The van der Waals surface area contributed by atoms with E-state index < -0.39 is 0 Å². The Labute approximate surface area is 112 Å². The second-order valence-electron chi connectivity index (χ2n) is 4.70. The first-order valence-corrected chi connectivity index (χ1v) is 7.37. The lowest BCUT2D eigenvalue weighted by molar-refractivity contribution is 0.220. The van der Waals surface area contributed by atoms with E-state index >= 15 is 0 Å². The number of aromatic nitrogens is 2. The van der Waals surface area contributed by atoms with Crippen molar-refractivity contribution in [2.24, 2.45) is 0 Å². The van der Waals surface area contributed by atoms with Crippen LogP contribution in [0, 0.1) is 0 Å². The van der Waals surface area contributed by atoms with Crippen molar-refractivity contribution < 1.29 is 0 Å². The minimum absolute atomic E-state index is 1.01. The van der Waals surface area contributed by atoms with E-state index in [9.17, 15) is 0 Å². The number of thiazole rings is 1. The SMILES string of the molecule is c1cc(-c2csc(CN3CCCCC3)n2)ccn1. The standard InChI is InChI=1S/C14H17N3S/c1-2-8-17(9-3-1)10-14-16-13(11-18-14)12-4-6-15-7-5-12/h4-7,11H,1-3,8-10H2. The molecular weight excluding hydrogens is 242 g/mol. The van der Waals surface area contributed by atoms with Crippen LogP contribution in [0.15, 0.2) is 29.9 Å². The minimum Gasteiger partial charge on any atom is -0.297 e. The van der Waals surface area contributed by atoms with Crippen molar-refractivity contribution in [2.75, 3.05) is 13.1 Å². The number of hydrogen-bond acceptors (Lipinski definition) is 4. The van der Waals surface area contributed by atoms with Crippen LogP contribution in [0.2, 0.25) is 0 Å². The average molecular weight is 259 g/mol. The van der Waals surface area contributed by atoms with Crippen LogP contribution in [-0.4, -0.2) is 28.0 Å². The first-order valence-electron chi connectivity index (χ1n) is 6.49. The summed E-state index contributed by atoms with van der Waals surface area (Å²) in [6, 6.07) is 4.03. The molecule has 3 rings (SSSR count). The Morgan fingerprint density at radius 2 is 1.89 bits per heavy atom. The molecule has 1 fully saturated rings. The number of rotatable bonds is 3. The summed E-state index contributed by atoms with van der Waals surface area (Å²) in [5, 5.41) is 3.37. The van der Waals surface area contributed by atoms with Crippen LogP contribution in [0.25, 0.3) is 11.3 Å². The maximum Gasteiger partial charge on any atom is 0.107 e. The lowest BCUT2D eigenvalue weighted by Gasteiger charge is -2.25. The van der Waals surface area contributed by atoms with Gasteiger partial charge in [0.15, 0.2) is 0 Å². The Morgan fingerprint density at radius 3 is 2.67 bits per heavy atom. The van der Waals surface area contributed by atoms with Gasteiger partial charge in [-0.2, -0.15) is 0 Å². The monoisotopic (exact) mass is 259 g/mol. The lowest BCUT2D eigenvalue weighted by Crippen LogP contribution is -2.28. The molecule has 3 heterocycles. The maximum absolute atomic E-state index is 4.72. The smallest absolute Gasteiger partial charge is 0.107 e. The molecule has 0 amide bonds. The van der Waals surface area contributed by atoms with Crippen LogP contribution in [0.3, 0.4) is 0 Å². The quantitative estimate of drug-likeness (QED) is 0.847. The molecule has 0 saturated carbocycles. The van der Waals surface area contributed by atoms with Gasteiger partial charge in [-0.3, -0.25) is 9.88 Å². The molecule has 18 heavy (non-hydrogen) atoms. The van der Waals surface area contributed by atoms with E-state index in [0.717, 1.165) is 17.8 Å². The van der Waals surface area contributed by atoms with Gasteiger partial charge in [0.1, 0.15) is 5.01 Å². The molecule has 4 heteroatoms. The Balaban J connectivity index is 1.69. The zero-order valence-corrected chi connectivity index (χ0v) is 11.2. The van der Waals surface area contributed by atoms with E-state index in [-0.39, 0.29) is 0 Å². The third kappa shape index (κ3) is 2.76. The number of likely N-dealkylation sites (tertiary alicyclic amines) is 1. The van der Waals surface area contributed by atoms with Crippen LogP contribution in [-0.2, 0) is 6.54 Å². The van der Waals surface area contributed by atoms with Gasteiger partial charge in [-0.25, -0.2) is 4.98 Å². The van der Waals surface area contributed by atoms with E-state index in [1.807, 2.05) is 24.5 Å². The predicted octanol–water partition coefficient (Wildman–Crippen LogP) is 3.19. The van der Waals surface area contributed by atoms with Gasteiger partial charge in [-0.05, 0) is 38.1 Å². The molecular formula is C14H17N3S. The minimum atomic E-state index is 1.01. The molecule has 1 aliphatic rings. The zero-order valence-electron chi connectivity index (χ0n) is 10.4. The van der Waals surface area contributed by atoms with Crippen molar-refractivity contribution in [1.29, 1.82) is 0 Å². The van der Waals surface area contributed by atoms with Gasteiger partial charge < -0.3 is 0 Å². The second-order valence-corrected chi connectivity index (χ2v) is 5.64. The largest absolute Gasteiger partial charge is 0.297 e. The van der Waals surface area contributed by atoms with Crippen LogP contribution in [0.1, 0.15) is 24.3 Å². The maximum atomic E-state index is 4.72. The molecule has 0 unspecified atom stereocenters. The van der Waals surface area contributed by atoms with Gasteiger partial charge in [0, 0.05) is 23.3 Å². The summed E-state index contributed by atoms with van der Waals surface area (Å²) < 4.78 is 0. The fourth-order valence-electron chi connectivity index (χ4n) is 2.35. The first kappa shape index (κ1) is 11.8. The number of pyridine rings is 1. The fourth-order valence-corrected chi connectivity index (χ4v) is 3.19. The van der Waals surface area contributed by atoms with Gasteiger partial charge >= 0.3 is 0 Å². The topological polar surface area (TPSA) is 29.0 Å². The Hall–Kier alpha value is -1.26. The molecule has 0 N–H and O–H groups in total. The Kier molecular flexibility index (Phi) is 3.67. The van der Waals surface area contributed by atoms with Crippen molar-refractivity contribution >= 4 is 11.3 Å². The molecule has 1 saturated heterocycles. The first-order chi connectivity index (χ1) is 8.92. The summed E-state index contributed by atoms with van der Waals surface area (Å²) in [6.45, 7) is 3.46. The summed E-state index contributed by atoms with van der Waals surface area (Å²) >= 11 is 1.76. The third-order valence-corrected chi connectivity index (χ3v) is 4.17. The number of piperidine rings is 1. The molecule has 2 aromatic rings. The zero-order chi connectivity index (χ0) is 12.2. The predicted molar refractivity (Wildman–Crippen MR) is 74.5 cm³/mol. The molecule has 0 atom stereocenters. The van der Waals surface area contributed by atoms with E-state index in [2.05, 4.69) is 15.3 Å². The highest BCUT2D eigenvalue weighted by molar-refractivity contribution is 7.09. The molecule has 0 spiro atoms. The number of hydrogen-bond donors (Lipinski definition) is 0. The van der Waals surface area contributed by atoms with Gasteiger partial charge in [0.25, 0.3) is 0 Å². The molecule has 3 nitrogen and oxygen atoms in total. The van der Waals surface area contributed by atoms with Crippen LogP contribution >= 0.6 is 11.3 Å². The van der Waals surface area contributed by atoms with Crippen molar-refractivity contribution in [3.63, 3.8) is 0 Å². The third-order valence-electron chi connectivity index (χ3n) is 3.34. The molecule has 1 aliphatic heterocycles. The van der Waals surface area contributed by atoms with Gasteiger partial charge in [-0.1, -0.05) is 6.42 Å². The molecule has 0 aliphatic carbocycles. The van der Waals surface area contributed by atoms with E-state index in [4.69, 9.17) is 4.98 Å². The highest BCUT2D eigenvalue weighted by atomic mass is 32.1. The summed E-state index contributed by atoms with van der Waals surface area (Å²) in [7, 11) is 0. The van der Waals surface area contributed by atoms with E-state index in [0.29, 0.717) is 0 Å². The van der Waals surface area contributed by atoms with Crippen molar-refractivity contribution in [2.45, 2.75) is 25.8 Å². The van der Waals surface area contributed by atoms with Crippen molar-refractivity contribution in [1.82, 2.24) is 14.9 Å². The summed E-state index contributed by atoms with van der Waals surface area (Å²) in [6.07, 6.45) is 7.69. The summed E-state index contributed by atoms with van der Waals surface area (Å²) in [4.78, 5) is 11.3. The Bertz CT molecular complexity index is 489. The van der Waals surface area contributed by atoms with Crippen molar-refractivity contribution in [3.05, 3.63) is 34.9 Å². The van der Waals surface area contributed by atoms with Crippen LogP contribution < -0.4 is 0 Å². The lowest BCUT2D eigenvalue weighted by atomic mass is 10.1. The van der Waals surface area contributed by atoms with Gasteiger partial charge in [0.2, 0.25) is 0 Å². The molecule has 2 aromatic heterocycles. The molecule has 0 bridgehead atoms. The van der Waals surface area contributed by atoms with Crippen molar-refractivity contribution in [3.8, 4) is 11.3 Å². The highest BCUT2D eigenvalue weighted by Crippen LogP contribution is 2.22. The second kappa shape index (κ2) is 5.59. The van der Waals surface area contributed by atoms with E-state index in [1.165, 1.54) is 37.4 Å². The molecule has 0 aromatic carbocycles. The average Bonchev–Trinajstić information content (AvgIpc) is 2.89. The summed E-state index contributed by atoms with van der Waals surface area (Å²) in [5.74, 6) is 0. The van der Waals surface area contributed by atoms with Crippen LogP contribution in [0.4, 0.5) is 0 Å². The number of nitrogens with zero attached hydrogens (tertiary/aromatic N) is 3.